The van der Waals surface area contributed by atoms with E-state index in [0.29, 0.717) is 5.15 Å². The van der Waals surface area contributed by atoms with E-state index in [0.717, 1.165) is 30.0 Å². The minimum Gasteiger partial charge on any atom is -0.381 e. The highest BCUT2D eigenvalue weighted by Crippen LogP contribution is 2.27. The lowest BCUT2D eigenvalue weighted by atomic mass is 10.1. The fraction of sp³-hybridized carbons (Fsp3) is 0.133. The zero-order valence-electron chi connectivity index (χ0n) is 11.3. The standard InChI is InChI=1S/C15H14ClN5/c16-14-7-6-13(18-8-9-21-11-17-10-19-21)15(20-14)12-4-2-1-3-5-12/h1-7,10-11,18H,8-9H2. The molecule has 21 heavy (non-hydrogen) atoms. The molecule has 3 aromatic rings. The Kier molecular flexibility index (Phi) is 4.12. The fourth-order valence-electron chi connectivity index (χ4n) is 2.05. The first-order chi connectivity index (χ1) is 10.3. The van der Waals surface area contributed by atoms with Crippen LogP contribution < -0.4 is 5.32 Å². The largest absolute Gasteiger partial charge is 0.381 e. The van der Waals surface area contributed by atoms with Crippen LogP contribution in [0, 0.1) is 0 Å². The summed E-state index contributed by atoms with van der Waals surface area (Å²) in [5, 5.41) is 7.92. The molecule has 1 N–H and O–H groups in total. The van der Waals surface area contributed by atoms with Crippen LogP contribution in [-0.2, 0) is 6.54 Å². The third kappa shape index (κ3) is 3.38. The van der Waals surface area contributed by atoms with Crippen LogP contribution in [0.1, 0.15) is 0 Å². The highest BCUT2D eigenvalue weighted by atomic mass is 35.5. The van der Waals surface area contributed by atoms with Crippen molar-refractivity contribution in [2.75, 3.05) is 11.9 Å². The molecule has 2 aromatic heterocycles. The number of pyridine rings is 1. The third-order valence-corrected chi connectivity index (χ3v) is 3.24. The van der Waals surface area contributed by atoms with Gasteiger partial charge in [-0.15, -0.1) is 0 Å². The van der Waals surface area contributed by atoms with Crippen LogP contribution in [0.2, 0.25) is 5.15 Å². The first-order valence-corrected chi connectivity index (χ1v) is 6.99. The number of rotatable bonds is 5. The van der Waals surface area contributed by atoms with Crippen LogP contribution in [0.15, 0.2) is 55.1 Å². The monoisotopic (exact) mass is 299 g/mol. The minimum absolute atomic E-state index is 0.482. The molecule has 3 rings (SSSR count). The Hall–Kier alpha value is -2.40. The number of benzene rings is 1. The number of halogens is 1. The first-order valence-electron chi connectivity index (χ1n) is 6.61. The summed E-state index contributed by atoms with van der Waals surface area (Å²) in [5.74, 6) is 0. The Morgan fingerprint density at radius 1 is 1.10 bits per heavy atom. The normalized spacial score (nSPS) is 10.5. The van der Waals surface area contributed by atoms with E-state index in [-0.39, 0.29) is 0 Å². The van der Waals surface area contributed by atoms with Gasteiger partial charge < -0.3 is 5.32 Å². The van der Waals surface area contributed by atoms with Gasteiger partial charge in [-0.05, 0) is 12.1 Å². The van der Waals surface area contributed by atoms with Gasteiger partial charge in [0.2, 0.25) is 0 Å². The van der Waals surface area contributed by atoms with Crippen molar-refractivity contribution in [3.05, 3.63) is 60.3 Å². The van der Waals surface area contributed by atoms with E-state index < -0.39 is 0 Å². The van der Waals surface area contributed by atoms with E-state index in [1.807, 2.05) is 36.4 Å². The van der Waals surface area contributed by atoms with E-state index in [1.54, 1.807) is 17.1 Å². The van der Waals surface area contributed by atoms with Crippen molar-refractivity contribution in [1.82, 2.24) is 19.7 Å². The molecule has 0 saturated heterocycles. The molecule has 1 aromatic carbocycles. The maximum atomic E-state index is 6.02. The zero-order valence-corrected chi connectivity index (χ0v) is 12.0. The maximum absolute atomic E-state index is 6.02. The average Bonchev–Trinajstić information content (AvgIpc) is 3.03. The summed E-state index contributed by atoms with van der Waals surface area (Å²) in [7, 11) is 0. The summed E-state index contributed by atoms with van der Waals surface area (Å²) < 4.78 is 1.78. The van der Waals surface area contributed by atoms with Gasteiger partial charge in [0.05, 0.1) is 17.9 Å². The Morgan fingerprint density at radius 3 is 2.71 bits per heavy atom. The molecule has 0 amide bonds. The van der Waals surface area contributed by atoms with Crippen LogP contribution in [0.3, 0.4) is 0 Å². The lowest BCUT2D eigenvalue weighted by Crippen LogP contribution is -2.11. The van der Waals surface area contributed by atoms with Crippen molar-refractivity contribution >= 4 is 17.3 Å². The van der Waals surface area contributed by atoms with Gasteiger partial charge in [-0.3, -0.25) is 4.68 Å². The number of hydrogen-bond acceptors (Lipinski definition) is 4. The van der Waals surface area contributed by atoms with E-state index in [9.17, 15) is 0 Å². The minimum atomic E-state index is 0.482. The number of hydrogen-bond donors (Lipinski definition) is 1. The van der Waals surface area contributed by atoms with Gasteiger partial charge in [0.25, 0.3) is 0 Å². The first kappa shape index (κ1) is 13.6. The summed E-state index contributed by atoms with van der Waals surface area (Å²) in [6.45, 7) is 1.46. The summed E-state index contributed by atoms with van der Waals surface area (Å²) in [6.07, 6.45) is 3.22. The molecule has 0 aliphatic heterocycles. The maximum Gasteiger partial charge on any atom is 0.137 e. The molecule has 5 nitrogen and oxygen atoms in total. The van der Waals surface area contributed by atoms with Crippen LogP contribution in [0.5, 0.6) is 0 Å². The quantitative estimate of drug-likeness (QED) is 0.736. The number of aromatic nitrogens is 4. The molecule has 0 fully saturated rings. The predicted octanol–water partition coefficient (Wildman–Crippen LogP) is 3.11. The third-order valence-electron chi connectivity index (χ3n) is 3.03. The number of nitrogens with zero attached hydrogens (tertiary/aromatic N) is 4. The summed E-state index contributed by atoms with van der Waals surface area (Å²) >= 11 is 6.02. The second-order valence-corrected chi connectivity index (χ2v) is 4.87. The lowest BCUT2D eigenvalue weighted by molar-refractivity contribution is 0.636. The van der Waals surface area contributed by atoms with E-state index in [4.69, 9.17) is 11.6 Å². The predicted molar refractivity (Wildman–Crippen MR) is 83.2 cm³/mol. The Balaban J connectivity index is 1.78. The molecule has 0 aliphatic carbocycles. The number of nitrogens with one attached hydrogen (secondary N) is 1. The summed E-state index contributed by atoms with van der Waals surface area (Å²) in [5.41, 5.74) is 2.83. The van der Waals surface area contributed by atoms with Gasteiger partial charge in [-0.25, -0.2) is 9.97 Å². The van der Waals surface area contributed by atoms with Gasteiger partial charge in [0.1, 0.15) is 17.8 Å². The molecule has 106 valence electrons. The second-order valence-electron chi connectivity index (χ2n) is 4.48. The molecular formula is C15H14ClN5. The van der Waals surface area contributed by atoms with Gasteiger partial charge in [-0.1, -0.05) is 41.9 Å². The SMILES string of the molecule is Clc1ccc(NCCn2cncn2)c(-c2ccccc2)n1. The smallest absolute Gasteiger partial charge is 0.137 e. The van der Waals surface area contributed by atoms with Crippen molar-refractivity contribution < 1.29 is 0 Å². The molecule has 0 aliphatic rings. The lowest BCUT2D eigenvalue weighted by Gasteiger charge is -2.11. The van der Waals surface area contributed by atoms with Gasteiger partial charge in [0.15, 0.2) is 0 Å². The van der Waals surface area contributed by atoms with Crippen LogP contribution in [0.4, 0.5) is 5.69 Å². The second kappa shape index (κ2) is 6.37. The zero-order chi connectivity index (χ0) is 14.5. The van der Waals surface area contributed by atoms with Crippen molar-refractivity contribution in [3.63, 3.8) is 0 Å². The van der Waals surface area contributed by atoms with Crippen LogP contribution in [-0.4, -0.2) is 26.3 Å². The van der Waals surface area contributed by atoms with Gasteiger partial charge >= 0.3 is 0 Å². The average molecular weight is 300 g/mol. The highest BCUT2D eigenvalue weighted by Gasteiger charge is 2.07. The van der Waals surface area contributed by atoms with Gasteiger partial charge in [-0.2, -0.15) is 5.10 Å². The Morgan fingerprint density at radius 2 is 1.95 bits per heavy atom. The molecule has 2 heterocycles. The fourth-order valence-corrected chi connectivity index (χ4v) is 2.19. The topological polar surface area (TPSA) is 55.6 Å². The molecule has 0 spiro atoms. The Bertz CT molecular complexity index is 697. The van der Waals surface area contributed by atoms with Crippen molar-refractivity contribution in [2.45, 2.75) is 6.54 Å². The van der Waals surface area contributed by atoms with Crippen molar-refractivity contribution in [2.24, 2.45) is 0 Å². The van der Waals surface area contributed by atoms with Gasteiger partial charge in [0, 0.05) is 12.1 Å². The molecule has 0 atom stereocenters. The highest BCUT2D eigenvalue weighted by molar-refractivity contribution is 6.29. The van der Waals surface area contributed by atoms with Crippen LogP contribution >= 0.6 is 11.6 Å². The molecule has 0 saturated carbocycles. The molecular weight excluding hydrogens is 286 g/mol. The molecule has 0 unspecified atom stereocenters. The van der Waals surface area contributed by atoms with Crippen molar-refractivity contribution in [1.29, 1.82) is 0 Å². The molecule has 0 radical (unpaired) electrons. The van der Waals surface area contributed by atoms with Crippen molar-refractivity contribution in [3.8, 4) is 11.3 Å². The van der Waals surface area contributed by atoms with E-state index >= 15 is 0 Å². The molecule has 6 heteroatoms. The van der Waals surface area contributed by atoms with E-state index in [1.165, 1.54) is 6.33 Å². The summed E-state index contributed by atoms with van der Waals surface area (Å²) in [6, 6.07) is 13.7. The van der Waals surface area contributed by atoms with E-state index in [2.05, 4.69) is 20.4 Å². The number of anilines is 1. The van der Waals surface area contributed by atoms with Crippen LogP contribution in [0.25, 0.3) is 11.3 Å². The Labute approximate surface area is 127 Å². The molecule has 0 bridgehead atoms. The summed E-state index contributed by atoms with van der Waals surface area (Å²) in [4.78, 5) is 8.35.